The largest absolute Gasteiger partial charge is 0.0995 e. The highest BCUT2D eigenvalue weighted by atomic mass is 14.0. The molecule has 0 heteroatoms. The third kappa shape index (κ3) is 7.83. The van der Waals surface area contributed by atoms with Gasteiger partial charge in [-0.05, 0) is 25.2 Å². The van der Waals surface area contributed by atoms with Crippen LogP contribution in [0.2, 0.25) is 0 Å². The number of rotatable bonds is 7. The minimum absolute atomic E-state index is 0.721. The predicted molar refractivity (Wildman–Crippen MR) is 61.9 cm³/mol. The van der Waals surface area contributed by atoms with Crippen molar-refractivity contribution in [2.45, 2.75) is 52.9 Å². The van der Waals surface area contributed by atoms with E-state index in [0.717, 1.165) is 12.3 Å². The van der Waals surface area contributed by atoms with Crippen LogP contribution in [0.4, 0.5) is 0 Å². The van der Waals surface area contributed by atoms with Gasteiger partial charge in [0.15, 0.2) is 0 Å². The Balaban J connectivity index is 3.51. The molecule has 0 fully saturated rings. The molecule has 0 aromatic carbocycles. The van der Waals surface area contributed by atoms with Crippen molar-refractivity contribution in [1.82, 2.24) is 0 Å². The van der Waals surface area contributed by atoms with E-state index in [1.807, 2.05) is 0 Å². The van der Waals surface area contributed by atoms with Gasteiger partial charge in [0.2, 0.25) is 0 Å². The van der Waals surface area contributed by atoms with Gasteiger partial charge in [0.25, 0.3) is 0 Å². The van der Waals surface area contributed by atoms with Crippen LogP contribution in [0, 0.1) is 5.92 Å². The van der Waals surface area contributed by atoms with Crippen LogP contribution in [0.3, 0.4) is 0 Å². The normalized spacial score (nSPS) is 13.5. The smallest absolute Gasteiger partial charge is 0.0141 e. The third-order valence-corrected chi connectivity index (χ3v) is 2.40. The summed E-state index contributed by atoms with van der Waals surface area (Å²) in [7, 11) is 0. The molecule has 0 aromatic heterocycles. The number of hydrogen-bond acceptors (Lipinski definition) is 0. The lowest BCUT2D eigenvalue weighted by atomic mass is 10.0. The lowest BCUT2D eigenvalue weighted by Crippen LogP contribution is -1.85. The first-order valence-electron chi connectivity index (χ1n) is 5.54. The zero-order valence-corrected chi connectivity index (χ0v) is 9.47. The van der Waals surface area contributed by atoms with Crippen LogP contribution in [0.1, 0.15) is 52.9 Å². The second-order valence-corrected chi connectivity index (χ2v) is 3.87. The van der Waals surface area contributed by atoms with E-state index in [-0.39, 0.29) is 0 Å². The summed E-state index contributed by atoms with van der Waals surface area (Å²) in [5.74, 6) is 0.721. The van der Waals surface area contributed by atoms with Gasteiger partial charge in [-0.15, -0.1) is 0 Å². The molecule has 0 aliphatic heterocycles. The van der Waals surface area contributed by atoms with Gasteiger partial charge in [-0.3, -0.25) is 0 Å². The van der Waals surface area contributed by atoms with Crippen molar-refractivity contribution in [2.75, 3.05) is 0 Å². The van der Waals surface area contributed by atoms with Crippen LogP contribution in [-0.4, -0.2) is 0 Å². The summed E-state index contributed by atoms with van der Waals surface area (Å²) in [5, 5.41) is 0. The van der Waals surface area contributed by atoms with E-state index in [2.05, 4.69) is 39.5 Å². The summed E-state index contributed by atoms with van der Waals surface area (Å²) >= 11 is 0. The number of unbranched alkanes of at least 4 members (excludes halogenated alkanes) is 1. The van der Waals surface area contributed by atoms with Crippen molar-refractivity contribution < 1.29 is 0 Å². The molecule has 0 aliphatic carbocycles. The molecule has 0 saturated carbocycles. The van der Waals surface area contributed by atoms with Crippen LogP contribution >= 0.6 is 0 Å². The summed E-state index contributed by atoms with van der Waals surface area (Å²) < 4.78 is 0. The molecule has 0 N–H and O–H groups in total. The SMILES string of the molecule is C=C(CC=CC(C)CC)CCCC. The monoisotopic (exact) mass is 180 g/mol. The molecule has 0 radical (unpaired) electrons. The minimum atomic E-state index is 0.721. The van der Waals surface area contributed by atoms with Crippen molar-refractivity contribution in [3.05, 3.63) is 24.3 Å². The zero-order chi connectivity index (χ0) is 10.1. The maximum Gasteiger partial charge on any atom is -0.0141 e. The van der Waals surface area contributed by atoms with Gasteiger partial charge in [-0.25, -0.2) is 0 Å². The molecule has 0 amide bonds. The van der Waals surface area contributed by atoms with Crippen molar-refractivity contribution in [1.29, 1.82) is 0 Å². The average molecular weight is 180 g/mol. The Morgan fingerprint density at radius 3 is 2.62 bits per heavy atom. The van der Waals surface area contributed by atoms with Gasteiger partial charge in [-0.2, -0.15) is 0 Å². The van der Waals surface area contributed by atoms with Crippen LogP contribution in [0.5, 0.6) is 0 Å². The first kappa shape index (κ1) is 12.5. The molecule has 1 unspecified atom stereocenters. The van der Waals surface area contributed by atoms with Gasteiger partial charge < -0.3 is 0 Å². The fourth-order valence-electron chi connectivity index (χ4n) is 1.13. The molecule has 0 aliphatic rings. The molecular formula is C13H24. The lowest BCUT2D eigenvalue weighted by molar-refractivity contribution is 0.695. The third-order valence-electron chi connectivity index (χ3n) is 2.40. The summed E-state index contributed by atoms with van der Waals surface area (Å²) in [4.78, 5) is 0. The van der Waals surface area contributed by atoms with E-state index in [4.69, 9.17) is 0 Å². The molecular weight excluding hydrogens is 156 g/mol. The molecule has 0 heterocycles. The van der Waals surface area contributed by atoms with E-state index in [1.54, 1.807) is 0 Å². The number of allylic oxidation sites excluding steroid dienone is 3. The molecule has 0 nitrogen and oxygen atoms in total. The fraction of sp³-hybridized carbons (Fsp3) is 0.692. The molecule has 1 atom stereocenters. The Bertz CT molecular complexity index is 153. The molecule has 13 heavy (non-hydrogen) atoms. The molecule has 0 bridgehead atoms. The van der Waals surface area contributed by atoms with E-state index >= 15 is 0 Å². The Kier molecular flexibility index (Phi) is 7.77. The predicted octanol–water partition coefficient (Wildman–Crippen LogP) is 4.73. The summed E-state index contributed by atoms with van der Waals surface area (Å²) in [6.07, 6.45) is 10.6. The molecule has 76 valence electrons. The Morgan fingerprint density at radius 2 is 2.08 bits per heavy atom. The minimum Gasteiger partial charge on any atom is -0.0995 e. The van der Waals surface area contributed by atoms with E-state index in [0.29, 0.717) is 0 Å². The van der Waals surface area contributed by atoms with Crippen LogP contribution in [0.25, 0.3) is 0 Å². The van der Waals surface area contributed by atoms with Gasteiger partial charge in [0.05, 0.1) is 0 Å². The van der Waals surface area contributed by atoms with Crippen molar-refractivity contribution in [2.24, 2.45) is 5.92 Å². The Hall–Kier alpha value is -0.520. The second-order valence-electron chi connectivity index (χ2n) is 3.87. The van der Waals surface area contributed by atoms with Crippen LogP contribution in [0.15, 0.2) is 24.3 Å². The quantitative estimate of drug-likeness (QED) is 0.497. The van der Waals surface area contributed by atoms with Crippen molar-refractivity contribution in [3.63, 3.8) is 0 Å². The first-order chi connectivity index (χ1) is 6.20. The molecule has 0 saturated heterocycles. The molecule has 0 spiro atoms. The lowest BCUT2D eigenvalue weighted by Gasteiger charge is -2.02. The Morgan fingerprint density at radius 1 is 1.38 bits per heavy atom. The first-order valence-corrected chi connectivity index (χ1v) is 5.54. The molecule has 0 rings (SSSR count). The van der Waals surface area contributed by atoms with Gasteiger partial charge >= 0.3 is 0 Å². The topological polar surface area (TPSA) is 0 Å². The van der Waals surface area contributed by atoms with Gasteiger partial charge in [-0.1, -0.05) is 57.9 Å². The summed E-state index contributed by atoms with van der Waals surface area (Å²) in [6, 6.07) is 0. The second kappa shape index (κ2) is 8.10. The van der Waals surface area contributed by atoms with Crippen LogP contribution < -0.4 is 0 Å². The summed E-state index contributed by atoms with van der Waals surface area (Å²) in [6.45, 7) is 10.8. The zero-order valence-electron chi connectivity index (χ0n) is 9.47. The standard InChI is InChI=1S/C13H24/c1-5-7-9-13(4)11-8-10-12(3)6-2/h8,10,12H,4-7,9,11H2,1-3H3. The van der Waals surface area contributed by atoms with Crippen molar-refractivity contribution >= 4 is 0 Å². The summed E-state index contributed by atoms with van der Waals surface area (Å²) in [5.41, 5.74) is 1.38. The average Bonchev–Trinajstić information content (AvgIpc) is 2.14. The Labute approximate surface area is 83.7 Å². The van der Waals surface area contributed by atoms with Crippen LogP contribution in [-0.2, 0) is 0 Å². The van der Waals surface area contributed by atoms with Gasteiger partial charge in [0.1, 0.15) is 0 Å². The highest BCUT2D eigenvalue weighted by Crippen LogP contribution is 2.11. The maximum atomic E-state index is 4.06. The highest BCUT2D eigenvalue weighted by Gasteiger charge is 1.92. The fourth-order valence-corrected chi connectivity index (χ4v) is 1.13. The molecule has 0 aromatic rings. The van der Waals surface area contributed by atoms with Gasteiger partial charge in [0, 0.05) is 0 Å². The van der Waals surface area contributed by atoms with E-state index in [1.165, 1.54) is 31.3 Å². The number of hydrogen-bond donors (Lipinski definition) is 0. The highest BCUT2D eigenvalue weighted by molar-refractivity contribution is 5.02. The maximum absolute atomic E-state index is 4.06. The van der Waals surface area contributed by atoms with Crippen molar-refractivity contribution in [3.8, 4) is 0 Å². The van der Waals surface area contributed by atoms with E-state index < -0.39 is 0 Å². The van der Waals surface area contributed by atoms with E-state index in [9.17, 15) is 0 Å².